The van der Waals surface area contributed by atoms with Crippen molar-refractivity contribution >= 4 is 17.6 Å². The first-order chi connectivity index (χ1) is 11.4. The zero-order chi connectivity index (χ0) is 17.7. The van der Waals surface area contributed by atoms with Crippen LogP contribution in [-0.4, -0.2) is 42.5 Å². The van der Waals surface area contributed by atoms with Crippen molar-refractivity contribution in [3.8, 4) is 0 Å². The molecule has 0 spiro atoms. The minimum absolute atomic E-state index is 0.137. The molecule has 1 aromatic carbocycles. The minimum atomic E-state index is -0.963. The number of nitrogens with zero attached hydrogens (tertiary/aromatic N) is 1. The maximum Gasteiger partial charge on any atom is 0.309 e. The van der Waals surface area contributed by atoms with Crippen molar-refractivity contribution in [1.29, 1.82) is 0 Å². The second-order valence-corrected chi connectivity index (χ2v) is 5.85. The van der Waals surface area contributed by atoms with Crippen LogP contribution in [0.25, 0.3) is 0 Å². The molecule has 1 heterocycles. The molecule has 24 heavy (non-hydrogen) atoms. The van der Waals surface area contributed by atoms with Gasteiger partial charge in [-0.3, -0.25) is 9.59 Å². The van der Waals surface area contributed by atoms with Gasteiger partial charge in [0, 0.05) is 24.8 Å². The molecule has 132 valence electrons. The standard InChI is InChI=1S/C17H22F2N2O3/c1-3-24-17(23)12-6-8-21(9-7-12)16(22)11(2)20-13-4-5-14(18)15(19)10-13/h4-5,10-12,20H,3,6-9H2,1-2H3. The predicted octanol–water partition coefficient (Wildman–Crippen LogP) is 2.57. The van der Waals surface area contributed by atoms with Crippen LogP contribution < -0.4 is 5.32 Å². The molecule has 1 N–H and O–H groups in total. The van der Waals surface area contributed by atoms with Gasteiger partial charge in [-0.2, -0.15) is 0 Å². The summed E-state index contributed by atoms with van der Waals surface area (Å²) in [6.07, 6.45) is 1.14. The maximum absolute atomic E-state index is 13.2. The number of rotatable bonds is 5. The molecule has 1 fully saturated rings. The van der Waals surface area contributed by atoms with Gasteiger partial charge in [-0.05, 0) is 38.8 Å². The summed E-state index contributed by atoms with van der Waals surface area (Å²) in [5, 5.41) is 2.87. The van der Waals surface area contributed by atoms with Crippen LogP contribution in [0.4, 0.5) is 14.5 Å². The Morgan fingerprint density at radius 3 is 2.54 bits per heavy atom. The molecule has 0 aliphatic carbocycles. The lowest BCUT2D eigenvalue weighted by molar-refractivity contribution is -0.151. The number of piperidine rings is 1. The van der Waals surface area contributed by atoms with E-state index < -0.39 is 17.7 Å². The fourth-order valence-corrected chi connectivity index (χ4v) is 2.77. The smallest absolute Gasteiger partial charge is 0.309 e. The average molecular weight is 340 g/mol. The molecule has 0 radical (unpaired) electrons. The molecule has 5 nitrogen and oxygen atoms in total. The molecular weight excluding hydrogens is 318 g/mol. The lowest BCUT2D eigenvalue weighted by Crippen LogP contribution is -2.46. The molecule has 1 unspecified atom stereocenters. The van der Waals surface area contributed by atoms with Crippen molar-refractivity contribution in [2.45, 2.75) is 32.7 Å². The average Bonchev–Trinajstić information content (AvgIpc) is 2.58. The van der Waals surface area contributed by atoms with Gasteiger partial charge in [0.2, 0.25) is 5.91 Å². The van der Waals surface area contributed by atoms with Gasteiger partial charge in [0.25, 0.3) is 0 Å². The fraction of sp³-hybridized carbons (Fsp3) is 0.529. The van der Waals surface area contributed by atoms with E-state index in [1.54, 1.807) is 18.7 Å². The van der Waals surface area contributed by atoms with Crippen LogP contribution in [0.5, 0.6) is 0 Å². The van der Waals surface area contributed by atoms with E-state index in [2.05, 4.69) is 5.32 Å². The van der Waals surface area contributed by atoms with E-state index in [9.17, 15) is 18.4 Å². The molecule has 1 saturated heterocycles. The number of halogens is 2. The van der Waals surface area contributed by atoms with Gasteiger partial charge in [-0.15, -0.1) is 0 Å². The molecule has 0 saturated carbocycles. The summed E-state index contributed by atoms with van der Waals surface area (Å²) in [6, 6.07) is 2.84. The number of amides is 1. The Morgan fingerprint density at radius 2 is 1.96 bits per heavy atom. The number of carbonyl (C=O) groups excluding carboxylic acids is 2. The monoisotopic (exact) mass is 340 g/mol. The van der Waals surface area contributed by atoms with Gasteiger partial charge < -0.3 is 15.0 Å². The second-order valence-electron chi connectivity index (χ2n) is 5.85. The maximum atomic E-state index is 13.2. The van der Waals surface area contributed by atoms with E-state index in [-0.39, 0.29) is 17.8 Å². The van der Waals surface area contributed by atoms with Crippen LogP contribution >= 0.6 is 0 Å². The second kappa shape index (κ2) is 8.08. The van der Waals surface area contributed by atoms with E-state index in [1.807, 2.05) is 0 Å². The van der Waals surface area contributed by atoms with Gasteiger partial charge in [-0.1, -0.05) is 0 Å². The van der Waals surface area contributed by atoms with Crippen molar-refractivity contribution in [3.05, 3.63) is 29.8 Å². The Labute approximate surface area is 140 Å². The highest BCUT2D eigenvalue weighted by molar-refractivity contribution is 5.84. The SMILES string of the molecule is CCOC(=O)C1CCN(C(=O)C(C)Nc2ccc(F)c(F)c2)CC1. The fourth-order valence-electron chi connectivity index (χ4n) is 2.77. The Hall–Kier alpha value is -2.18. The number of hydrogen-bond acceptors (Lipinski definition) is 4. The molecule has 1 aromatic rings. The van der Waals surface area contributed by atoms with Crippen molar-refractivity contribution in [2.75, 3.05) is 25.0 Å². The lowest BCUT2D eigenvalue weighted by Gasteiger charge is -2.33. The summed E-state index contributed by atoms with van der Waals surface area (Å²) in [6.45, 7) is 4.74. The predicted molar refractivity (Wildman–Crippen MR) is 85.4 cm³/mol. The highest BCUT2D eigenvalue weighted by atomic mass is 19.2. The Bertz CT molecular complexity index is 601. The first kappa shape index (κ1) is 18.2. The van der Waals surface area contributed by atoms with Crippen LogP contribution in [0.3, 0.4) is 0 Å². The third kappa shape index (κ3) is 4.43. The zero-order valence-corrected chi connectivity index (χ0v) is 13.9. The third-order valence-corrected chi connectivity index (χ3v) is 4.10. The van der Waals surface area contributed by atoms with E-state index in [1.165, 1.54) is 6.07 Å². The normalized spacial score (nSPS) is 16.6. The highest BCUT2D eigenvalue weighted by Gasteiger charge is 2.30. The van der Waals surface area contributed by atoms with Gasteiger partial charge in [-0.25, -0.2) is 8.78 Å². The minimum Gasteiger partial charge on any atom is -0.466 e. The summed E-state index contributed by atoms with van der Waals surface area (Å²) >= 11 is 0. The molecular formula is C17H22F2N2O3. The molecule has 0 aromatic heterocycles. The molecule has 1 atom stereocenters. The van der Waals surface area contributed by atoms with Gasteiger partial charge in [0.15, 0.2) is 11.6 Å². The molecule has 2 rings (SSSR count). The number of ether oxygens (including phenoxy) is 1. The van der Waals surface area contributed by atoms with Crippen molar-refractivity contribution < 1.29 is 23.1 Å². The van der Waals surface area contributed by atoms with Crippen molar-refractivity contribution in [1.82, 2.24) is 4.90 Å². The van der Waals surface area contributed by atoms with Crippen LogP contribution in [0.2, 0.25) is 0 Å². The summed E-state index contributed by atoms with van der Waals surface area (Å²) in [5.41, 5.74) is 0.344. The summed E-state index contributed by atoms with van der Waals surface area (Å²) < 4.78 is 31.1. The van der Waals surface area contributed by atoms with E-state index in [0.717, 1.165) is 12.1 Å². The number of benzene rings is 1. The molecule has 1 aliphatic heterocycles. The van der Waals surface area contributed by atoms with Crippen LogP contribution in [0.1, 0.15) is 26.7 Å². The zero-order valence-electron chi connectivity index (χ0n) is 13.9. The Balaban J connectivity index is 1.87. The first-order valence-electron chi connectivity index (χ1n) is 8.09. The summed E-state index contributed by atoms with van der Waals surface area (Å²) in [5.74, 6) is -2.40. The van der Waals surface area contributed by atoms with Crippen LogP contribution in [0, 0.1) is 17.6 Å². The summed E-state index contributed by atoms with van der Waals surface area (Å²) in [4.78, 5) is 25.8. The molecule has 0 bridgehead atoms. The molecule has 1 aliphatic rings. The van der Waals surface area contributed by atoms with Crippen molar-refractivity contribution in [2.24, 2.45) is 5.92 Å². The molecule has 1 amide bonds. The number of carbonyl (C=O) groups is 2. The van der Waals surface area contributed by atoms with E-state index in [0.29, 0.717) is 38.2 Å². The first-order valence-corrected chi connectivity index (χ1v) is 8.09. The highest BCUT2D eigenvalue weighted by Crippen LogP contribution is 2.20. The number of hydrogen-bond donors (Lipinski definition) is 1. The molecule has 7 heteroatoms. The van der Waals surface area contributed by atoms with E-state index >= 15 is 0 Å². The Morgan fingerprint density at radius 1 is 1.29 bits per heavy atom. The van der Waals surface area contributed by atoms with E-state index in [4.69, 9.17) is 4.74 Å². The quantitative estimate of drug-likeness (QED) is 0.837. The van der Waals surface area contributed by atoms with Gasteiger partial charge in [0.05, 0.1) is 12.5 Å². The van der Waals surface area contributed by atoms with Crippen molar-refractivity contribution in [3.63, 3.8) is 0 Å². The number of likely N-dealkylation sites (tertiary alicyclic amines) is 1. The number of anilines is 1. The third-order valence-electron chi connectivity index (χ3n) is 4.10. The number of esters is 1. The Kier molecular flexibility index (Phi) is 6.11. The topological polar surface area (TPSA) is 58.6 Å². The van der Waals surface area contributed by atoms with Gasteiger partial charge in [0.1, 0.15) is 6.04 Å². The van der Waals surface area contributed by atoms with Crippen LogP contribution in [0.15, 0.2) is 18.2 Å². The van der Waals surface area contributed by atoms with Gasteiger partial charge >= 0.3 is 5.97 Å². The van der Waals surface area contributed by atoms with Crippen LogP contribution in [-0.2, 0) is 14.3 Å². The lowest BCUT2D eigenvalue weighted by atomic mass is 9.96. The number of nitrogens with one attached hydrogen (secondary N) is 1. The largest absolute Gasteiger partial charge is 0.466 e. The summed E-state index contributed by atoms with van der Waals surface area (Å²) in [7, 11) is 0.